The molecule has 7 nitrogen and oxygen atoms in total. The zero-order chi connectivity index (χ0) is 19.8. The normalized spacial score (nSPS) is 29.7. The Labute approximate surface area is 153 Å². The molecule has 144 valence electrons. The van der Waals surface area contributed by atoms with Gasteiger partial charge in [0, 0.05) is 24.5 Å². The molecule has 3 rings (SSSR count). The van der Waals surface area contributed by atoms with Crippen molar-refractivity contribution >= 4 is 17.6 Å². The van der Waals surface area contributed by atoms with Crippen LogP contribution in [0.3, 0.4) is 0 Å². The number of benzene rings is 1. The third-order valence-electron chi connectivity index (χ3n) is 4.69. The molecule has 2 aliphatic rings. The van der Waals surface area contributed by atoms with Crippen LogP contribution in [-0.2, 0) is 19.2 Å². The predicted octanol–water partition coefficient (Wildman–Crippen LogP) is 1.76. The lowest BCUT2D eigenvalue weighted by Crippen LogP contribution is -2.50. The van der Waals surface area contributed by atoms with E-state index in [1.54, 1.807) is 0 Å². The Bertz CT molecular complexity index is 823. The number of carboxylic acid groups (broad SMARTS) is 1. The van der Waals surface area contributed by atoms with Crippen molar-refractivity contribution in [1.82, 2.24) is 5.32 Å². The Balaban J connectivity index is 1.71. The van der Waals surface area contributed by atoms with Crippen molar-refractivity contribution in [1.29, 1.82) is 0 Å². The van der Waals surface area contributed by atoms with Crippen molar-refractivity contribution in [2.24, 2.45) is 5.16 Å². The van der Waals surface area contributed by atoms with Crippen molar-refractivity contribution in [2.45, 2.75) is 37.0 Å². The lowest BCUT2D eigenvalue weighted by atomic mass is 9.92. The number of nitrogens with one attached hydrogen (secondary N) is 1. The van der Waals surface area contributed by atoms with E-state index in [2.05, 4.69) is 17.1 Å². The minimum absolute atomic E-state index is 0.0323. The van der Waals surface area contributed by atoms with Gasteiger partial charge in [-0.2, -0.15) is 0 Å². The highest BCUT2D eigenvalue weighted by Crippen LogP contribution is 2.31. The molecular weight excluding hydrogens is 362 g/mol. The second kappa shape index (κ2) is 6.73. The van der Waals surface area contributed by atoms with Crippen LogP contribution in [0.5, 0.6) is 0 Å². The summed E-state index contributed by atoms with van der Waals surface area (Å²) < 4.78 is 32.1. The van der Waals surface area contributed by atoms with Gasteiger partial charge in [-0.25, -0.2) is 13.6 Å². The summed E-state index contributed by atoms with van der Waals surface area (Å²) in [6.45, 7) is 5.06. The minimum atomic E-state index is -1.56. The number of carbonyl (C=O) groups excluding carboxylic acids is 1. The number of ether oxygens (including phenoxy) is 1. The number of carboxylic acids is 1. The molecule has 9 heteroatoms. The first kappa shape index (κ1) is 19.0. The number of oxime groups is 1. The first-order valence-corrected chi connectivity index (χ1v) is 8.21. The Kier molecular flexibility index (Phi) is 4.73. The molecule has 1 amide bonds. The molecule has 2 heterocycles. The van der Waals surface area contributed by atoms with E-state index in [9.17, 15) is 23.5 Å². The van der Waals surface area contributed by atoms with Gasteiger partial charge in [0.25, 0.3) is 5.91 Å². The fourth-order valence-electron chi connectivity index (χ4n) is 3.07. The smallest absolute Gasteiger partial charge is 0.335 e. The molecule has 0 unspecified atom stereocenters. The molecule has 0 aliphatic carbocycles. The highest BCUT2D eigenvalue weighted by Gasteiger charge is 2.48. The van der Waals surface area contributed by atoms with E-state index in [0.29, 0.717) is 0 Å². The molecule has 0 radical (unpaired) electrons. The van der Waals surface area contributed by atoms with Crippen LogP contribution in [0.2, 0.25) is 0 Å². The molecule has 1 aromatic carbocycles. The van der Waals surface area contributed by atoms with Crippen LogP contribution in [0.25, 0.3) is 0 Å². The van der Waals surface area contributed by atoms with Crippen LogP contribution < -0.4 is 5.32 Å². The quantitative estimate of drug-likeness (QED) is 0.759. The maximum Gasteiger partial charge on any atom is 0.335 e. The van der Waals surface area contributed by atoms with Crippen molar-refractivity contribution in [3.05, 3.63) is 48.1 Å². The molecular formula is C18H18F2N2O5. The van der Waals surface area contributed by atoms with E-state index in [1.807, 2.05) is 0 Å². The second-order valence-corrected chi connectivity index (χ2v) is 6.78. The van der Waals surface area contributed by atoms with Gasteiger partial charge >= 0.3 is 5.97 Å². The third-order valence-corrected chi connectivity index (χ3v) is 4.69. The average molecular weight is 380 g/mol. The van der Waals surface area contributed by atoms with Crippen molar-refractivity contribution in [3.63, 3.8) is 0 Å². The van der Waals surface area contributed by atoms with Crippen LogP contribution in [0.15, 0.2) is 36.0 Å². The largest absolute Gasteiger partial charge is 0.479 e. The molecule has 0 aromatic heterocycles. The number of halogens is 2. The van der Waals surface area contributed by atoms with Gasteiger partial charge in [-0.3, -0.25) is 4.79 Å². The van der Waals surface area contributed by atoms with Gasteiger partial charge in [0.2, 0.25) is 5.60 Å². The van der Waals surface area contributed by atoms with Crippen LogP contribution in [0, 0.1) is 11.6 Å². The van der Waals surface area contributed by atoms with Crippen LogP contribution in [0.4, 0.5) is 8.78 Å². The van der Waals surface area contributed by atoms with E-state index in [4.69, 9.17) is 9.57 Å². The zero-order valence-electron chi connectivity index (χ0n) is 14.5. The summed E-state index contributed by atoms with van der Waals surface area (Å²) in [4.78, 5) is 29.2. The molecule has 1 fully saturated rings. The van der Waals surface area contributed by atoms with Crippen molar-refractivity contribution in [3.8, 4) is 0 Å². The Morgan fingerprint density at radius 1 is 1.37 bits per heavy atom. The fraction of sp³-hybridized carbons (Fsp3) is 0.389. The summed E-state index contributed by atoms with van der Waals surface area (Å²) in [5, 5.41) is 15.6. The number of rotatable bonds is 5. The summed E-state index contributed by atoms with van der Waals surface area (Å²) in [5.74, 6) is -3.25. The highest BCUT2D eigenvalue weighted by molar-refractivity contribution is 6.06. The highest BCUT2D eigenvalue weighted by atomic mass is 19.1. The number of amides is 1. The van der Waals surface area contributed by atoms with Crippen LogP contribution >= 0.6 is 0 Å². The molecule has 1 saturated heterocycles. The molecule has 0 saturated carbocycles. The number of carbonyl (C=O) groups is 2. The van der Waals surface area contributed by atoms with Gasteiger partial charge in [-0.15, -0.1) is 0 Å². The van der Waals surface area contributed by atoms with E-state index in [1.165, 1.54) is 13.0 Å². The maximum absolute atomic E-state index is 13.4. The second-order valence-electron chi connectivity index (χ2n) is 6.78. The number of hydrogen-bond acceptors (Lipinski definition) is 5. The summed E-state index contributed by atoms with van der Waals surface area (Å²) >= 11 is 0. The lowest BCUT2D eigenvalue weighted by Gasteiger charge is -2.24. The van der Waals surface area contributed by atoms with Gasteiger partial charge in [0.1, 0.15) is 11.6 Å². The molecule has 0 spiro atoms. The minimum Gasteiger partial charge on any atom is -0.479 e. The third kappa shape index (κ3) is 3.55. The lowest BCUT2D eigenvalue weighted by molar-refractivity contribution is -0.157. The van der Waals surface area contributed by atoms with Gasteiger partial charge in [-0.1, -0.05) is 11.7 Å². The first-order chi connectivity index (χ1) is 12.7. The molecule has 2 N–H and O–H groups in total. The maximum atomic E-state index is 13.4. The number of aliphatic carboxylic acids is 1. The standard InChI is InChI=1S/C18H18F2N2O5/c1-3-18(15(23)21-13-7-17(2,16(24)25)26-9-13)8-14(22-27-18)10-4-11(19)6-12(20)5-10/h3-6,13H,1,7-9H2,2H3,(H,21,23)(H,24,25)/t13-,17-,18+/m0/s1. The Morgan fingerprint density at radius 2 is 2.04 bits per heavy atom. The molecule has 27 heavy (non-hydrogen) atoms. The molecule has 1 aromatic rings. The van der Waals surface area contributed by atoms with E-state index in [0.717, 1.165) is 18.2 Å². The first-order valence-electron chi connectivity index (χ1n) is 8.21. The summed E-state index contributed by atoms with van der Waals surface area (Å²) in [6, 6.07) is 2.37. The summed E-state index contributed by atoms with van der Waals surface area (Å²) in [6.07, 6.45) is 1.26. The topological polar surface area (TPSA) is 97.2 Å². The SMILES string of the molecule is C=C[C@]1(C(=O)N[C@@H]2CO[C@](C)(C(=O)O)C2)CC(c2cc(F)cc(F)c2)=NO1. The van der Waals surface area contributed by atoms with E-state index in [-0.39, 0.29) is 30.7 Å². The molecule has 0 bridgehead atoms. The van der Waals surface area contributed by atoms with Gasteiger partial charge < -0.3 is 20.0 Å². The van der Waals surface area contributed by atoms with Crippen molar-refractivity contribution in [2.75, 3.05) is 6.61 Å². The average Bonchev–Trinajstić information content (AvgIpc) is 3.20. The van der Waals surface area contributed by atoms with E-state index >= 15 is 0 Å². The van der Waals surface area contributed by atoms with E-state index < -0.39 is 40.8 Å². The van der Waals surface area contributed by atoms with Crippen LogP contribution in [0.1, 0.15) is 25.3 Å². The zero-order valence-corrected chi connectivity index (χ0v) is 14.5. The van der Waals surface area contributed by atoms with Crippen molar-refractivity contribution < 1.29 is 33.1 Å². The van der Waals surface area contributed by atoms with Gasteiger partial charge in [0.05, 0.1) is 18.4 Å². The number of nitrogens with zero attached hydrogens (tertiary/aromatic N) is 1. The monoisotopic (exact) mass is 380 g/mol. The Morgan fingerprint density at radius 3 is 2.59 bits per heavy atom. The molecule has 3 atom stereocenters. The number of hydrogen-bond donors (Lipinski definition) is 2. The fourth-order valence-corrected chi connectivity index (χ4v) is 3.07. The van der Waals surface area contributed by atoms with Gasteiger partial charge in [-0.05, 0) is 25.1 Å². The predicted molar refractivity (Wildman–Crippen MR) is 90.1 cm³/mol. The Hall–Kier alpha value is -2.81. The van der Waals surface area contributed by atoms with Crippen LogP contribution in [-0.4, -0.2) is 46.5 Å². The van der Waals surface area contributed by atoms with Gasteiger partial charge in [0.15, 0.2) is 5.60 Å². The summed E-state index contributed by atoms with van der Waals surface area (Å²) in [7, 11) is 0. The summed E-state index contributed by atoms with van der Waals surface area (Å²) in [5.41, 5.74) is -2.58. The molecule has 2 aliphatic heterocycles.